The average Bonchev–Trinajstić information content (AvgIpc) is 3.93. The van der Waals surface area contributed by atoms with Gasteiger partial charge >= 0.3 is 0 Å². The second kappa shape index (κ2) is 20.2. The third-order valence-electron chi connectivity index (χ3n) is 12.9. The summed E-state index contributed by atoms with van der Waals surface area (Å²) in [5.74, 6) is -0.767. The molecule has 1 aromatic heterocycles. The highest BCUT2D eigenvalue weighted by Crippen LogP contribution is 2.55. The van der Waals surface area contributed by atoms with E-state index in [1.807, 2.05) is 31.2 Å². The number of aromatic nitrogens is 1. The lowest BCUT2D eigenvalue weighted by atomic mass is 9.49. The van der Waals surface area contributed by atoms with Gasteiger partial charge in [0, 0.05) is 53.6 Å². The maximum Gasteiger partial charge on any atom is 0.251 e. The molecule has 7 N–H and O–H groups in total. The Morgan fingerprint density at radius 3 is 2.03 bits per heavy atom. The number of hydrogen-bond donors (Lipinski definition) is 6. The Hall–Kier alpha value is -6.49. The number of carbonyl (C=O) groups is 5. The Kier molecular flexibility index (Phi) is 14.8. The molecular formula is C52H60ClN7O8S. The van der Waals surface area contributed by atoms with Gasteiger partial charge in [-0.25, -0.2) is 4.98 Å². The number of rotatable bonds is 15. The number of nitrogens with two attached hydrogens (primary N) is 1. The molecule has 5 aromatic rings. The Morgan fingerprint density at radius 2 is 1.46 bits per heavy atom. The molecule has 4 aromatic carbocycles. The van der Waals surface area contributed by atoms with E-state index in [1.54, 1.807) is 104 Å². The number of benzene rings is 4. The monoisotopic (exact) mass is 977 g/mol. The van der Waals surface area contributed by atoms with Crippen LogP contribution in [0.25, 0.3) is 10.4 Å². The van der Waals surface area contributed by atoms with Crippen molar-refractivity contribution in [2.75, 3.05) is 18.8 Å². The highest BCUT2D eigenvalue weighted by molar-refractivity contribution is 7.13. The molecule has 2 heterocycles. The van der Waals surface area contributed by atoms with Crippen LogP contribution in [0.4, 0.5) is 5.69 Å². The number of halogens is 1. The van der Waals surface area contributed by atoms with Crippen molar-refractivity contribution in [2.45, 2.75) is 98.7 Å². The molecule has 2 fully saturated rings. The molecule has 0 bridgehead atoms. The van der Waals surface area contributed by atoms with Crippen LogP contribution in [0.2, 0.25) is 5.02 Å². The molecule has 5 amide bonds. The molecule has 1 saturated heterocycles. The van der Waals surface area contributed by atoms with Crippen molar-refractivity contribution in [1.29, 1.82) is 0 Å². The molecule has 1 aliphatic heterocycles. The summed E-state index contributed by atoms with van der Waals surface area (Å²) in [5, 5.41) is 22.5. The molecule has 0 unspecified atom stereocenters. The molecule has 3 atom stereocenters. The molecule has 364 valence electrons. The maximum atomic E-state index is 14.1. The molecule has 0 radical (unpaired) electrons. The van der Waals surface area contributed by atoms with Crippen molar-refractivity contribution < 1.29 is 38.6 Å². The van der Waals surface area contributed by atoms with E-state index in [0.29, 0.717) is 33.5 Å². The SMILES string of the molecule is Cc1ncsc1-c1ccc(CNC(=O)[C@@H]2C[C@@H](O)CN2C(=O)[C@@H](NC(=O)CNC(=O)c2ccc(Oc3ccc(C(=O)NC4C(C)(C)C(Oc5ccc(N)c(Cl)c5)C4(C)C)cc3)cc2)C(C)(C)C)cc1. The van der Waals surface area contributed by atoms with Crippen LogP contribution in [0.3, 0.4) is 0 Å². The van der Waals surface area contributed by atoms with Gasteiger partial charge in [-0.05, 0) is 84.1 Å². The lowest BCUT2D eigenvalue weighted by Gasteiger charge is -2.63. The smallest absolute Gasteiger partial charge is 0.251 e. The maximum absolute atomic E-state index is 14.1. The summed E-state index contributed by atoms with van der Waals surface area (Å²) < 4.78 is 12.3. The number of ether oxygens (including phenoxy) is 2. The Labute approximate surface area is 411 Å². The molecule has 7 rings (SSSR count). The van der Waals surface area contributed by atoms with E-state index in [-0.39, 0.29) is 43.1 Å². The third kappa shape index (κ3) is 11.4. The summed E-state index contributed by atoms with van der Waals surface area (Å²) >= 11 is 7.78. The van der Waals surface area contributed by atoms with E-state index in [2.05, 4.69) is 53.9 Å². The van der Waals surface area contributed by atoms with Crippen molar-refractivity contribution in [1.82, 2.24) is 31.2 Å². The van der Waals surface area contributed by atoms with E-state index in [9.17, 15) is 29.1 Å². The Morgan fingerprint density at radius 1 is 0.870 bits per heavy atom. The first-order valence-corrected chi connectivity index (χ1v) is 24.0. The number of carbonyl (C=O) groups excluding carboxylic acids is 5. The molecule has 2 aliphatic rings. The second-order valence-corrected chi connectivity index (χ2v) is 21.3. The standard InChI is InChI=1S/C52H60ClN7O8S/c1-29-42(69-28-57-29)31-11-9-30(10-12-31)25-55-46(65)40-23-34(61)27-60(40)47(66)43(50(2,3)4)58-41(62)26-56-44(63)32-13-17-35(18-14-32)67-36-19-15-33(16-20-36)45(64)59-48-51(5,6)49(52(48,7)8)68-37-21-22-39(54)38(53)24-37/h9-22,24,28,34,40,43,48-49,61H,23,25-27,54H2,1-8H3,(H,55,65)(H,56,63)(H,58,62)(H,59,64)/t34-,40+,43-,48?,49?/m1/s1. The summed E-state index contributed by atoms with van der Waals surface area (Å²) in [4.78, 5) is 74.1. The molecule has 17 heteroatoms. The molecular weight excluding hydrogens is 918 g/mol. The van der Waals surface area contributed by atoms with Gasteiger partial charge in [-0.15, -0.1) is 11.3 Å². The van der Waals surface area contributed by atoms with Crippen LogP contribution in [0.5, 0.6) is 17.2 Å². The first-order valence-electron chi connectivity index (χ1n) is 22.8. The van der Waals surface area contributed by atoms with Crippen molar-refractivity contribution in [3.63, 3.8) is 0 Å². The van der Waals surface area contributed by atoms with E-state index in [1.165, 1.54) is 4.90 Å². The van der Waals surface area contributed by atoms with Gasteiger partial charge in [0.15, 0.2) is 0 Å². The van der Waals surface area contributed by atoms with Crippen molar-refractivity contribution in [2.24, 2.45) is 16.2 Å². The Bertz CT molecular complexity index is 2680. The van der Waals surface area contributed by atoms with E-state index in [4.69, 9.17) is 26.8 Å². The van der Waals surface area contributed by atoms with Crippen LogP contribution in [-0.4, -0.2) is 87.9 Å². The molecule has 15 nitrogen and oxygen atoms in total. The number of amides is 5. The quantitative estimate of drug-likeness (QED) is 0.0576. The zero-order valence-corrected chi connectivity index (χ0v) is 41.6. The van der Waals surface area contributed by atoms with Gasteiger partial charge in [-0.1, -0.05) is 84.3 Å². The third-order valence-corrected chi connectivity index (χ3v) is 14.2. The molecule has 69 heavy (non-hydrogen) atoms. The largest absolute Gasteiger partial charge is 0.489 e. The van der Waals surface area contributed by atoms with Gasteiger partial charge in [-0.2, -0.15) is 0 Å². The number of aliphatic hydroxyl groups is 1. The van der Waals surface area contributed by atoms with Crippen molar-refractivity contribution in [3.05, 3.63) is 124 Å². The number of aryl methyl sites for hydroxylation is 1. The topological polar surface area (TPSA) is 214 Å². The lowest BCUT2D eigenvalue weighted by Crippen LogP contribution is -2.74. The number of nitrogens with one attached hydrogen (secondary N) is 4. The second-order valence-electron chi connectivity index (χ2n) is 20.0. The summed E-state index contributed by atoms with van der Waals surface area (Å²) in [6, 6.07) is 23.8. The van der Waals surface area contributed by atoms with E-state index >= 15 is 0 Å². The van der Waals surface area contributed by atoms with Crippen LogP contribution in [0, 0.1) is 23.2 Å². The molecule has 0 spiro atoms. The summed E-state index contributed by atoms with van der Waals surface area (Å²) in [5.41, 5.74) is 10.1. The van der Waals surface area contributed by atoms with E-state index < -0.39 is 64.6 Å². The summed E-state index contributed by atoms with van der Waals surface area (Å²) in [6.07, 6.45) is -1.07. The van der Waals surface area contributed by atoms with Crippen LogP contribution < -0.4 is 36.5 Å². The highest BCUT2D eigenvalue weighted by Gasteiger charge is 2.64. The number of anilines is 1. The minimum absolute atomic E-state index is 0.0527. The Balaban J connectivity index is 0.877. The number of likely N-dealkylation sites (tertiary alicyclic amines) is 1. The van der Waals surface area contributed by atoms with Crippen molar-refractivity contribution >= 4 is 58.2 Å². The lowest BCUT2D eigenvalue weighted by molar-refractivity contribution is -0.164. The predicted octanol–water partition coefficient (Wildman–Crippen LogP) is 7.30. The fraction of sp³-hybridized carbons (Fsp3) is 0.385. The number of nitrogen functional groups attached to an aromatic ring is 1. The van der Waals surface area contributed by atoms with Gasteiger partial charge in [-0.3, -0.25) is 24.0 Å². The van der Waals surface area contributed by atoms with Gasteiger partial charge in [0.05, 0.1) is 39.4 Å². The van der Waals surface area contributed by atoms with Crippen LogP contribution in [-0.2, 0) is 20.9 Å². The van der Waals surface area contributed by atoms with Crippen LogP contribution in [0.15, 0.2) is 96.5 Å². The minimum Gasteiger partial charge on any atom is -0.489 e. The fourth-order valence-corrected chi connectivity index (χ4v) is 10.5. The number of aliphatic hydroxyl groups excluding tert-OH is 1. The zero-order valence-electron chi connectivity index (χ0n) is 40.0. The first-order chi connectivity index (χ1) is 32.5. The highest BCUT2D eigenvalue weighted by atomic mass is 35.5. The van der Waals surface area contributed by atoms with Gasteiger partial charge in [0.2, 0.25) is 17.7 Å². The normalized spacial score (nSPS) is 19.7. The number of thiazole rings is 1. The number of nitrogens with zero attached hydrogens (tertiary/aromatic N) is 2. The van der Waals surface area contributed by atoms with E-state index in [0.717, 1.165) is 21.7 Å². The number of hydrogen-bond acceptors (Lipinski definition) is 11. The van der Waals surface area contributed by atoms with Gasteiger partial charge < -0.3 is 46.5 Å². The van der Waals surface area contributed by atoms with Crippen LogP contribution >= 0.6 is 22.9 Å². The van der Waals surface area contributed by atoms with Gasteiger partial charge in [0.1, 0.15) is 35.4 Å². The first kappa shape index (κ1) is 50.4. The number of β-amino-alcohol motifs (C(OH)–C–C–N with tert-alkyl or cyclic N) is 1. The average molecular weight is 979 g/mol. The fourth-order valence-electron chi connectivity index (χ4n) is 9.47. The van der Waals surface area contributed by atoms with Crippen LogP contribution in [0.1, 0.15) is 86.9 Å². The zero-order chi connectivity index (χ0) is 50.0. The molecule has 1 aliphatic carbocycles. The molecule has 1 saturated carbocycles. The van der Waals surface area contributed by atoms with Gasteiger partial charge in [0.25, 0.3) is 11.8 Å². The summed E-state index contributed by atoms with van der Waals surface area (Å²) in [6.45, 7) is 15.3. The minimum atomic E-state index is -1.07. The predicted molar refractivity (Wildman–Crippen MR) is 266 cm³/mol. The van der Waals surface area contributed by atoms with Crippen molar-refractivity contribution in [3.8, 4) is 27.7 Å². The summed E-state index contributed by atoms with van der Waals surface area (Å²) in [7, 11) is 0.